The predicted molar refractivity (Wildman–Crippen MR) is 113 cm³/mol. The molecule has 2 atom stereocenters. The Hall–Kier alpha value is -2.53. The zero-order valence-corrected chi connectivity index (χ0v) is 17.3. The molecule has 5 nitrogen and oxygen atoms in total. The van der Waals surface area contributed by atoms with Crippen LogP contribution in [0.25, 0.3) is 0 Å². The Morgan fingerprint density at radius 3 is 2.31 bits per heavy atom. The third kappa shape index (κ3) is 4.40. The molecule has 0 saturated carbocycles. The lowest BCUT2D eigenvalue weighted by molar-refractivity contribution is -0.132. The van der Waals surface area contributed by atoms with Gasteiger partial charge in [0, 0.05) is 19.1 Å². The topological polar surface area (TPSA) is 50.8 Å². The van der Waals surface area contributed by atoms with E-state index < -0.39 is 0 Å². The Kier molecular flexibility index (Phi) is 6.05. The lowest BCUT2D eigenvalue weighted by Gasteiger charge is -2.31. The molecule has 1 amide bonds. The maximum atomic E-state index is 13.4. The van der Waals surface area contributed by atoms with Crippen LogP contribution in [0.4, 0.5) is 0 Å². The van der Waals surface area contributed by atoms with Gasteiger partial charge in [0.15, 0.2) is 11.5 Å². The van der Waals surface area contributed by atoms with Crippen molar-refractivity contribution < 1.29 is 14.3 Å². The second kappa shape index (κ2) is 8.87. The van der Waals surface area contributed by atoms with Crippen LogP contribution in [0.1, 0.15) is 49.9 Å². The third-order valence-corrected chi connectivity index (χ3v) is 5.74. The van der Waals surface area contributed by atoms with Crippen molar-refractivity contribution >= 4 is 5.91 Å². The Morgan fingerprint density at radius 2 is 1.62 bits per heavy atom. The van der Waals surface area contributed by atoms with Gasteiger partial charge in [0.25, 0.3) is 0 Å². The highest BCUT2D eigenvalue weighted by Crippen LogP contribution is 2.35. The van der Waals surface area contributed by atoms with Gasteiger partial charge >= 0.3 is 0 Å². The molecule has 2 heterocycles. The van der Waals surface area contributed by atoms with E-state index in [0.29, 0.717) is 19.1 Å². The van der Waals surface area contributed by atoms with Gasteiger partial charge in [-0.15, -0.1) is 0 Å². The Balaban J connectivity index is 1.63. The van der Waals surface area contributed by atoms with Gasteiger partial charge in [-0.25, -0.2) is 0 Å². The molecule has 0 aliphatic carbocycles. The van der Waals surface area contributed by atoms with Gasteiger partial charge in [-0.2, -0.15) is 0 Å². The summed E-state index contributed by atoms with van der Waals surface area (Å²) in [6.07, 6.45) is 2.17. The molecule has 0 spiro atoms. The zero-order chi connectivity index (χ0) is 20.2. The molecule has 1 saturated heterocycles. The van der Waals surface area contributed by atoms with Gasteiger partial charge < -0.3 is 14.4 Å². The summed E-state index contributed by atoms with van der Waals surface area (Å²) in [6.45, 7) is 7.20. The summed E-state index contributed by atoms with van der Waals surface area (Å²) in [4.78, 5) is 15.4. The van der Waals surface area contributed by atoms with Crippen LogP contribution in [-0.2, 0) is 4.79 Å². The summed E-state index contributed by atoms with van der Waals surface area (Å²) in [5.41, 5.74) is 2.12. The highest BCUT2D eigenvalue weighted by molar-refractivity contribution is 5.83. The van der Waals surface area contributed by atoms with E-state index in [1.807, 2.05) is 41.3 Å². The molecule has 0 aromatic heterocycles. The molecule has 2 aromatic rings. The highest BCUT2D eigenvalue weighted by Gasteiger charge is 2.31. The van der Waals surface area contributed by atoms with Gasteiger partial charge in [-0.3, -0.25) is 10.1 Å². The molecule has 29 heavy (non-hydrogen) atoms. The van der Waals surface area contributed by atoms with Crippen molar-refractivity contribution in [2.45, 2.75) is 38.8 Å². The first-order valence-electron chi connectivity index (χ1n) is 10.6. The summed E-state index contributed by atoms with van der Waals surface area (Å²) in [7, 11) is 0. The normalized spacial score (nSPS) is 18.0. The minimum atomic E-state index is -0.366. The van der Waals surface area contributed by atoms with Crippen molar-refractivity contribution in [1.29, 1.82) is 0 Å². The average Bonchev–Trinajstić information content (AvgIpc) is 3.29. The van der Waals surface area contributed by atoms with Gasteiger partial charge in [-0.1, -0.05) is 50.2 Å². The summed E-state index contributed by atoms with van der Waals surface area (Å²) < 4.78 is 11.5. The van der Waals surface area contributed by atoms with Crippen molar-refractivity contribution in [3.05, 3.63) is 59.7 Å². The number of likely N-dealkylation sites (tertiary alicyclic amines) is 1. The van der Waals surface area contributed by atoms with Gasteiger partial charge in [-0.05, 0) is 42.0 Å². The van der Waals surface area contributed by atoms with Crippen LogP contribution < -0.4 is 14.8 Å². The van der Waals surface area contributed by atoms with Crippen LogP contribution >= 0.6 is 0 Å². The maximum Gasteiger partial charge on any atom is 0.244 e. The highest BCUT2D eigenvalue weighted by atomic mass is 16.6. The van der Waals surface area contributed by atoms with Gasteiger partial charge in [0.1, 0.15) is 19.3 Å². The number of fused-ring (bicyclic) bond motifs is 1. The fourth-order valence-electron chi connectivity index (χ4n) is 4.18. The molecule has 2 unspecified atom stereocenters. The fourth-order valence-corrected chi connectivity index (χ4v) is 4.18. The van der Waals surface area contributed by atoms with Crippen LogP contribution in [0.15, 0.2) is 48.5 Å². The zero-order valence-electron chi connectivity index (χ0n) is 17.3. The quantitative estimate of drug-likeness (QED) is 0.801. The van der Waals surface area contributed by atoms with Crippen molar-refractivity contribution in [1.82, 2.24) is 10.2 Å². The van der Waals surface area contributed by atoms with Crippen LogP contribution in [0.2, 0.25) is 0 Å². The molecule has 1 N–H and O–H groups in total. The largest absolute Gasteiger partial charge is 0.486 e. The summed E-state index contributed by atoms with van der Waals surface area (Å²) in [5.74, 6) is 2.03. The molecule has 4 rings (SSSR count). The smallest absolute Gasteiger partial charge is 0.244 e. The van der Waals surface area contributed by atoms with Crippen LogP contribution in [-0.4, -0.2) is 37.1 Å². The molecule has 1 fully saturated rings. The first-order chi connectivity index (χ1) is 14.1. The van der Waals surface area contributed by atoms with E-state index in [1.54, 1.807) is 0 Å². The van der Waals surface area contributed by atoms with E-state index in [0.717, 1.165) is 48.6 Å². The lowest BCUT2D eigenvalue weighted by atomic mass is 9.93. The van der Waals surface area contributed by atoms with E-state index in [9.17, 15) is 4.79 Å². The predicted octanol–water partition coefficient (Wildman–Crippen LogP) is 4.11. The SMILES string of the molecule is CC(C)C(NC(C(=O)N1CCCC1)c1ccccc1)c1ccc2c(c1)OCCO2. The molecule has 2 aliphatic heterocycles. The van der Waals surface area contributed by atoms with Crippen molar-refractivity contribution in [2.75, 3.05) is 26.3 Å². The van der Waals surface area contributed by atoms with Crippen molar-refractivity contribution in [3.8, 4) is 11.5 Å². The Labute approximate surface area is 173 Å². The number of benzene rings is 2. The Bertz CT molecular complexity index is 831. The van der Waals surface area contributed by atoms with E-state index in [-0.39, 0.29) is 18.0 Å². The molecule has 2 aromatic carbocycles. The minimum Gasteiger partial charge on any atom is -0.486 e. The monoisotopic (exact) mass is 394 g/mol. The number of carbonyl (C=O) groups is 1. The number of amides is 1. The second-order valence-electron chi connectivity index (χ2n) is 8.17. The first kappa shape index (κ1) is 19.8. The molecule has 154 valence electrons. The molecule has 2 aliphatic rings. The molecule has 0 bridgehead atoms. The van der Waals surface area contributed by atoms with E-state index in [1.165, 1.54) is 0 Å². The average molecular weight is 395 g/mol. The Morgan fingerprint density at radius 1 is 0.931 bits per heavy atom. The molecular formula is C24H30N2O3. The number of carbonyl (C=O) groups excluding carboxylic acids is 1. The first-order valence-corrected chi connectivity index (χ1v) is 10.6. The lowest BCUT2D eigenvalue weighted by Crippen LogP contribution is -2.42. The van der Waals surface area contributed by atoms with E-state index in [2.05, 4.69) is 31.3 Å². The maximum absolute atomic E-state index is 13.4. The van der Waals surface area contributed by atoms with Crippen molar-refractivity contribution in [2.24, 2.45) is 5.92 Å². The summed E-state index contributed by atoms with van der Waals surface area (Å²) in [5, 5.41) is 3.68. The summed E-state index contributed by atoms with van der Waals surface area (Å²) >= 11 is 0. The number of hydrogen-bond donors (Lipinski definition) is 1. The van der Waals surface area contributed by atoms with E-state index >= 15 is 0 Å². The fraction of sp³-hybridized carbons (Fsp3) is 0.458. The van der Waals surface area contributed by atoms with Crippen LogP contribution in [0.5, 0.6) is 11.5 Å². The van der Waals surface area contributed by atoms with Gasteiger partial charge in [0.2, 0.25) is 5.91 Å². The number of nitrogens with zero attached hydrogens (tertiary/aromatic N) is 1. The summed E-state index contributed by atoms with van der Waals surface area (Å²) in [6, 6.07) is 15.8. The standard InChI is InChI=1S/C24H30N2O3/c1-17(2)22(19-10-11-20-21(16-19)29-15-14-28-20)25-23(18-8-4-3-5-9-18)24(27)26-12-6-7-13-26/h3-5,8-11,16-17,22-23,25H,6-7,12-15H2,1-2H3. The molecular weight excluding hydrogens is 364 g/mol. The van der Waals surface area contributed by atoms with Crippen molar-refractivity contribution in [3.63, 3.8) is 0 Å². The number of ether oxygens (including phenoxy) is 2. The van der Waals surface area contributed by atoms with Crippen LogP contribution in [0.3, 0.4) is 0 Å². The number of nitrogens with one attached hydrogen (secondary N) is 1. The molecule has 0 radical (unpaired) electrons. The number of hydrogen-bond acceptors (Lipinski definition) is 4. The third-order valence-electron chi connectivity index (χ3n) is 5.74. The number of rotatable bonds is 6. The molecule has 5 heteroatoms. The second-order valence-corrected chi connectivity index (χ2v) is 8.17. The van der Waals surface area contributed by atoms with Crippen LogP contribution in [0, 0.1) is 5.92 Å². The van der Waals surface area contributed by atoms with E-state index in [4.69, 9.17) is 9.47 Å². The van der Waals surface area contributed by atoms with Gasteiger partial charge in [0.05, 0.1) is 0 Å². The minimum absolute atomic E-state index is 0.0163.